The van der Waals surface area contributed by atoms with E-state index < -0.39 is 21.2 Å². The van der Waals surface area contributed by atoms with Crippen molar-refractivity contribution in [3.05, 3.63) is 47.0 Å². The molecule has 2 N–H and O–H groups in total. The van der Waals surface area contributed by atoms with Crippen LogP contribution in [0.5, 0.6) is 0 Å². The van der Waals surface area contributed by atoms with Gasteiger partial charge in [-0.15, -0.1) is 11.8 Å². The van der Waals surface area contributed by atoms with Gasteiger partial charge in [0.1, 0.15) is 0 Å². The minimum absolute atomic E-state index is 0.0545. The minimum atomic E-state index is -3.86. The first-order valence-electron chi connectivity index (χ1n) is 11.2. The Kier molecular flexibility index (Phi) is 6.72. The third-order valence-corrected chi connectivity index (χ3v) is 8.67. The van der Waals surface area contributed by atoms with Crippen LogP contribution in [0.15, 0.2) is 40.1 Å². The molecule has 0 radical (unpaired) electrons. The molecule has 1 saturated heterocycles. The second-order valence-corrected chi connectivity index (χ2v) is 11.6. The van der Waals surface area contributed by atoms with Gasteiger partial charge in [-0.2, -0.15) is 0 Å². The van der Waals surface area contributed by atoms with Crippen LogP contribution in [0.3, 0.4) is 0 Å². The highest BCUT2D eigenvalue weighted by molar-refractivity contribution is 8.01. The standard InChI is InChI=1S/C24H29N3O4S2/c1-15-12-16(2)21(17(3)13-15)26-33(30,31)18-8-9-20-19(14-18)25-23(28)22(32-20)24(29)27-10-6-4-5-7-11-27/h8-9,12-14,22,26H,4-7,10-11H2,1-3H3,(H,25,28)/t22-/m1/s1. The van der Waals surface area contributed by atoms with Crippen LogP contribution in [0, 0.1) is 20.8 Å². The maximum atomic E-state index is 13.1. The van der Waals surface area contributed by atoms with Crippen molar-refractivity contribution in [3.63, 3.8) is 0 Å². The van der Waals surface area contributed by atoms with Crippen molar-refractivity contribution in [2.45, 2.75) is 61.5 Å². The molecule has 0 aromatic heterocycles. The first-order valence-corrected chi connectivity index (χ1v) is 13.5. The molecule has 0 bridgehead atoms. The third-order valence-electron chi connectivity index (χ3n) is 6.06. The van der Waals surface area contributed by atoms with Gasteiger partial charge in [-0.05, 0) is 62.9 Å². The van der Waals surface area contributed by atoms with Gasteiger partial charge in [-0.1, -0.05) is 30.5 Å². The van der Waals surface area contributed by atoms with Crippen LogP contribution in [0.4, 0.5) is 11.4 Å². The maximum Gasteiger partial charge on any atom is 0.261 e. The number of carbonyl (C=O) groups is 2. The van der Waals surface area contributed by atoms with E-state index in [4.69, 9.17) is 0 Å². The minimum Gasteiger partial charge on any atom is -0.341 e. The molecule has 2 aliphatic heterocycles. The molecule has 2 heterocycles. The summed E-state index contributed by atoms with van der Waals surface area (Å²) in [7, 11) is -3.86. The van der Waals surface area contributed by atoms with E-state index in [0.717, 1.165) is 42.4 Å². The predicted molar refractivity (Wildman–Crippen MR) is 131 cm³/mol. The summed E-state index contributed by atoms with van der Waals surface area (Å²) in [6.45, 7) is 7.05. The van der Waals surface area contributed by atoms with Gasteiger partial charge >= 0.3 is 0 Å². The van der Waals surface area contributed by atoms with Crippen molar-refractivity contribution >= 4 is 45.0 Å². The molecule has 2 aliphatic rings. The van der Waals surface area contributed by atoms with Crippen LogP contribution in [0.1, 0.15) is 42.4 Å². The molecular formula is C24H29N3O4S2. The normalized spacial score (nSPS) is 18.8. The lowest BCUT2D eigenvalue weighted by molar-refractivity contribution is -0.133. The van der Waals surface area contributed by atoms with Gasteiger partial charge in [0.05, 0.1) is 16.3 Å². The Morgan fingerprint density at radius 3 is 2.30 bits per heavy atom. The molecule has 0 unspecified atom stereocenters. The van der Waals surface area contributed by atoms with Crippen molar-refractivity contribution in [2.24, 2.45) is 0 Å². The van der Waals surface area contributed by atoms with E-state index in [0.29, 0.717) is 29.4 Å². The highest BCUT2D eigenvalue weighted by atomic mass is 32.2. The second-order valence-electron chi connectivity index (χ2n) is 8.76. The third kappa shape index (κ3) is 5.04. The van der Waals surface area contributed by atoms with Crippen molar-refractivity contribution in [2.75, 3.05) is 23.1 Å². The number of likely N-dealkylation sites (tertiary alicyclic amines) is 1. The molecule has 33 heavy (non-hydrogen) atoms. The Labute approximate surface area is 199 Å². The second kappa shape index (κ2) is 9.38. The van der Waals surface area contributed by atoms with Crippen LogP contribution in [-0.2, 0) is 19.6 Å². The Balaban J connectivity index is 1.55. The highest BCUT2D eigenvalue weighted by Crippen LogP contribution is 2.38. The number of hydrogen-bond acceptors (Lipinski definition) is 5. The van der Waals surface area contributed by atoms with Crippen LogP contribution < -0.4 is 10.0 Å². The maximum absolute atomic E-state index is 13.1. The van der Waals surface area contributed by atoms with Gasteiger partial charge in [0.2, 0.25) is 11.8 Å². The van der Waals surface area contributed by atoms with Gasteiger partial charge in [-0.3, -0.25) is 14.3 Å². The Hall–Kier alpha value is -2.52. The average Bonchev–Trinajstić information content (AvgIpc) is 3.04. The monoisotopic (exact) mass is 487 g/mol. The molecular weight excluding hydrogens is 458 g/mol. The summed E-state index contributed by atoms with van der Waals surface area (Å²) in [6, 6.07) is 8.48. The molecule has 4 rings (SSSR count). The number of sulfonamides is 1. The molecule has 2 aromatic rings. The molecule has 1 atom stereocenters. The molecule has 0 saturated carbocycles. The summed E-state index contributed by atoms with van der Waals surface area (Å²) in [5.41, 5.74) is 3.70. The van der Waals surface area contributed by atoms with Crippen LogP contribution in [0.25, 0.3) is 0 Å². The lowest BCUT2D eigenvalue weighted by Crippen LogP contribution is -2.45. The van der Waals surface area contributed by atoms with Crippen molar-refractivity contribution in [1.82, 2.24) is 4.90 Å². The highest BCUT2D eigenvalue weighted by Gasteiger charge is 2.36. The zero-order chi connectivity index (χ0) is 23.8. The lowest BCUT2D eigenvalue weighted by Gasteiger charge is -2.29. The van der Waals surface area contributed by atoms with Crippen LogP contribution >= 0.6 is 11.8 Å². The van der Waals surface area contributed by atoms with Crippen LogP contribution in [0.2, 0.25) is 0 Å². The summed E-state index contributed by atoms with van der Waals surface area (Å²) < 4.78 is 28.8. The number of amides is 2. The SMILES string of the molecule is Cc1cc(C)c(NS(=O)(=O)c2ccc3c(c2)NC(=O)[C@H](C(=O)N2CCCCCC2)S3)c(C)c1. The van der Waals surface area contributed by atoms with E-state index in [1.165, 1.54) is 23.9 Å². The fourth-order valence-electron chi connectivity index (χ4n) is 4.41. The van der Waals surface area contributed by atoms with E-state index in [9.17, 15) is 18.0 Å². The van der Waals surface area contributed by atoms with Gasteiger partial charge < -0.3 is 10.2 Å². The van der Waals surface area contributed by atoms with Crippen molar-refractivity contribution in [3.8, 4) is 0 Å². The number of thioether (sulfide) groups is 1. The van der Waals surface area contributed by atoms with Crippen molar-refractivity contribution < 1.29 is 18.0 Å². The molecule has 176 valence electrons. The number of benzene rings is 2. The van der Waals surface area contributed by atoms with Gasteiger partial charge in [0.15, 0.2) is 5.25 Å². The first-order chi connectivity index (χ1) is 15.7. The number of nitrogens with zero attached hydrogens (tertiary/aromatic N) is 1. The topological polar surface area (TPSA) is 95.6 Å². The predicted octanol–water partition coefficient (Wildman–Crippen LogP) is 4.23. The largest absolute Gasteiger partial charge is 0.341 e. The van der Waals surface area contributed by atoms with Crippen LogP contribution in [-0.4, -0.2) is 43.5 Å². The fraction of sp³-hybridized carbons (Fsp3) is 0.417. The number of carbonyl (C=O) groups excluding carboxylic acids is 2. The van der Waals surface area contributed by atoms with Gasteiger partial charge in [0, 0.05) is 18.0 Å². The summed E-state index contributed by atoms with van der Waals surface area (Å²) >= 11 is 1.18. The molecule has 1 fully saturated rings. The average molecular weight is 488 g/mol. The molecule has 0 spiro atoms. The number of aryl methyl sites for hydroxylation is 3. The summed E-state index contributed by atoms with van der Waals surface area (Å²) in [5.74, 6) is -0.580. The first kappa shape index (κ1) is 23.6. The smallest absolute Gasteiger partial charge is 0.261 e. The number of fused-ring (bicyclic) bond motifs is 1. The van der Waals surface area contributed by atoms with E-state index in [1.807, 2.05) is 32.9 Å². The Morgan fingerprint density at radius 1 is 1.03 bits per heavy atom. The van der Waals surface area contributed by atoms with E-state index in [2.05, 4.69) is 10.0 Å². The lowest BCUT2D eigenvalue weighted by atomic mass is 10.1. The van der Waals surface area contributed by atoms with E-state index in [-0.39, 0.29) is 10.8 Å². The molecule has 2 amide bonds. The zero-order valence-corrected chi connectivity index (χ0v) is 20.7. The number of hydrogen-bond donors (Lipinski definition) is 2. The van der Waals surface area contributed by atoms with E-state index in [1.54, 1.807) is 11.0 Å². The summed E-state index contributed by atoms with van der Waals surface area (Å²) in [5, 5.41) is 1.90. The molecule has 0 aliphatic carbocycles. The van der Waals surface area contributed by atoms with Gasteiger partial charge in [-0.25, -0.2) is 8.42 Å². The molecule has 2 aromatic carbocycles. The zero-order valence-electron chi connectivity index (χ0n) is 19.1. The number of nitrogens with one attached hydrogen (secondary N) is 2. The van der Waals surface area contributed by atoms with Gasteiger partial charge in [0.25, 0.3) is 10.0 Å². The fourth-order valence-corrected chi connectivity index (χ4v) is 6.69. The Bertz CT molecular complexity index is 1180. The van der Waals surface area contributed by atoms with Crippen molar-refractivity contribution in [1.29, 1.82) is 0 Å². The quantitative estimate of drug-likeness (QED) is 0.630. The number of rotatable bonds is 4. The molecule has 7 nitrogen and oxygen atoms in total. The summed E-state index contributed by atoms with van der Waals surface area (Å²) in [6.07, 6.45) is 4.11. The summed E-state index contributed by atoms with van der Waals surface area (Å²) in [4.78, 5) is 28.3. The van der Waals surface area contributed by atoms with E-state index >= 15 is 0 Å². The Morgan fingerprint density at radius 2 is 1.67 bits per heavy atom. The molecule has 9 heteroatoms. The number of anilines is 2.